The van der Waals surface area contributed by atoms with Gasteiger partial charge in [-0.1, -0.05) is 18.2 Å². The van der Waals surface area contributed by atoms with Gasteiger partial charge < -0.3 is 10.2 Å². The van der Waals surface area contributed by atoms with Gasteiger partial charge in [0.15, 0.2) is 0 Å². The van der Waals surface area contributed by atoms with Crippen molar-refractivity contribution < 1.29 is 9.59 Å². The summed E-state index contributed by atoms with van der Waals surface area (Å²) in [6.45, 7) is 5.59. The molecule has 0 radical (unpaired) electrons. The fourth-order valence-electron chi connectivity index (χ4n) is 3.08. The Kier molecular flexibility index (Phi) is 4.64. The van der Waals surface area contributed by atoms with E-state index in [4.69, 9.17) is 0 Å². The number of carbonyl (C=O) groups is 2. The lowest BCUT2D eigenvalue weighted by Crippen LogP contribution is -2.33. The molecule has 1 aromatic heterocycles. The summed E-state index contributed by atoms with van der Waals surface area (Å²) in [5.74, 6) is -0.393. The highest BCUT2D eigenvalue weighted by Gasteiger charge is 2.34. The van der Waals surface area contributed by atoms with E-state index < -0.39 is 0 Å². The van der Waals surface area contributed by atoms with E-state index in [2.05, 4.69) is 10.4 Å². The standard InChI is InChI=1S/C18H22N4O2/c1-3-22-16(9-13(2)20-22)11-19-18(24)14-10-17(23)21(12-14)15-7-5-4-6-8-15/h4-9,14H,3,10-12H2,1-2H3,(H,19,24)/t14-/m1/s1. The molecule has 24 heavy (non-hydrogen) atoms. The number of rotatable bonds is 5. The van der Waals surface area contributed by atoms with E-state index in [0.29, 0.717) is 13.1 Å². The van der Waals surface area contributed by atoms with Crippen LogP contribution in [0.15, 0.2) is 36.4 Å². The molecule has 6 nitrogen and oxygen atoms in total. The van der Waals surface area contributed by atoms with Crippen molar-refractivity contribution in [2.75, 3.05) is 11.4 Å². The smallest absolute Gasteiger partial charge is 0.227 e. The molecule has 6 heteroatoms. The molecule has 0 spiro atoms. The second-order valence-corrected chi connectivity index (χ2v) is 6.05. The zero-order valence-electron chi connectivity index (χ0n) is 14.0. The van der Waals surface area contributed by atoms with Crippen molar-refractivity contribution in [3.05, 3.63) is 47.8 Å². The van der Waals surface area contributed by atoms with E-state index in [0.717, 1.165) is 23.6 Å². The Labute approximate surface area is 141 Å². The first-order valence-corrected chi connectivity index (χ1v) is 8.25. The van der Waals surface area contributed by atoms with Crippen molar-refractivity contribution in [2.24, 2.45) is 5.92 Å². The van der Waals surface area contributed by atoms with E-state index in [9.17, 15) is 9.59 Å². The van der Waals surface area contributed by atoms with Crippen molar-refractivity contribution in [1.29, 1.82) is 0 Å². The lowest BCUT2D eigenvalue weighted by Gasteiger charge is -2.16. The number of para-hydroxylation sites is 1. The Morgan fingerprint density at radius 2 is 2.08 bits per heavy atom. The predicted octanol–water partition coefficient (Wildman–Crippen LogP) is 1.88. The van der Waals surface area contributed by atoms with Crippen LogP contribution in [0.2, 0.25) is 0 Å². The van der Waals surface area contributed by atoms with Gasteiger partial charge in [-0.25, -0.2) is 0 Å². The summed E-state index contributed by atoms with van der Waals surface area (Å²) in [4.78, 5) is 26.3. The zero-order chi connectivity index (χ0) is 17.1. The maximum atomic E-state index is 12.4. The van der Waals surface area contributed by atoms with Crippen molar-refractivity contribution in [1.82, 2.24) is 15.1 Å². The molecule has 2 heterocycles. The summed E-state index contributed by atoms with van der Waals surface area (Å²) in [6.07, 6.45) is 0.257. The molecule has 1 aromatic carbocycles. The molecule has 1 saturated heterocycles. The van der Waals surface area contributed by atoms with Gasteiger partial charge >= 0.3 is 0 Å². The lowest BCUT2D eigenvalue weighted by atomic mass is 10.1. The van der Waals surface area contributed by atoms with Crippen LogP contribution in [0.25, 0.3) is 0 Å². The van der Waals surface area contributed by atoms with Crippen LogP contribution in [0.1, 0.15) is 24.7 Å². The molecule has 1 atom stereocenters. The molecular weight excluding hydrogens is 304 g/mol. The van der Waals surface area contributed by atoms with Gasteiger partial charge in [-0.2, -0.15) is 5.10 Å². The van der Waals surface area contributed by atoms with E-state index in [-0.39, 0.29) is 24.2 Å². The number of nitrogens with zero attached hydrogens (tertiary/aromatic N) is 3. The highest BCUT2D eigenvalue weighted by molar-refractivity contribution is 6.00. The molecule has 1 aliphatic rings. The van der Waals surface area contributed by atoms with Crippen molar-refractivity contribution >= 4 is 17.5 Å². The second kappa shape index (κ2) is 6.86. The van der Waals surface area contributed by atoms with Crippen molar-refractivity contribution in [2.45, 2.75) is 33.4 Å². The minimum Gasteiger partial charge on any atom is -0.350 e. The van der Waals surface area contributed by atoms with E-state index in [1.54, 1.807) is 4.90 Å². The Hall–Kier alpha value is -2.63. The van der Waals surface area contributed by atoms with Crippen LogP contribution in [0.5, 0.6) is 0 Å². The van der Waals surface area contributed by atoms with Crippen LogP contribution in [-0.4, -0.2) is 28.1 Å². The normalized spacial score (nSPS) is 17.3. The van der Waals surface area contributed by atoms with Gasteiger partial charge in [0.05, 0.1) is 23.9 Å². The highest BCUT2D eigenvalue weighted by Crippen LogP contribution is 2.24. The molecule has 1 aliphatic heterocycles. The third-order valence-electron chi connectivity index (χ3n) is 4.29. The van der Waals surface area contributed by atoms with Gasteiger partial charge in [0.1, 0.15) is 0 Å². The minimum atomic E-state index is -0.309. The van der Waals surface area contributed by atoms with Crippen LogP contribution in [0.4, 0.5) is 5.69 Å². The number of benzene rings is 1. The Morgan fingerprint density at radius 3 is 2.79 bits per heavy atom. The third-order valence-corrected chi connectivity index (χ3v) is 4.29. The third kappa shape index (κ3) is 3.32. The summed E-state index contributed by atoms with van der Waals surface area (Å²) >= 11 is 0. The van der Waals surface area contributed by atoms with Crippen LogP contribution >= 0.6 is 0 Å². The number of carbonyl (C=O) groups excluding carboxylic acids is 2. The minimum absolute atomic E-state index is 0.00389. The first kappa shape index (κ1) is 16.2. The monoisotopic (exact) mass is 326 g/mol. The maximum absolute atomic E-state index is 12.4. The van der Waals surface area contributed by atoms with Gasteiger partial charge in [0.25, 0.3) is 0 Å². The predicted molar refractivity (Wildman–Crippen MR) is 91.4 cm³/mol. The van der Waals surface area contributed by atoms with Crippen molar-refractivity contribution in [3.63, 3.8) is 0 Å². The molecular formula is C18H22N4O2. The molecule has 0 unspecified atom stereocenters. The topological polar surface area (TPSA) is 67.2 Å². The molecule has 0 bridgehead atoms. The summed E-state index contributed by atoms with van der Waals surface area (Å²) in [5.41, 5.74) is 2.76. The van der Waals surface area contributed by atoms with Gasteiger partial charge in [-0.15, -0.1) is 0 Å². The van der Waals surface area contributed by atoms with Crippen LogP contribution in [-0.2, 0) is 22.7 Å². The lowest BCUT2D eigenvalue weighted by molar-refractivity contribution is -0.126. The van der Waals surface area contributed by atoms with Gasteiger partial charge in [0, 0.05) is 25.2 Å². The summed E-state index contributed by atoms with van der Waals surface area (Å²) in [7, 11) is 0. The van der Waals surface area contributed by atoms with Gasteiger partial charge in [-0.3, -0.25) is 14.3 Å². The number of nitrogens with one attached hydrogen (secondary N) is 1. The number of hydrogen-bond acceptors (Lipinski definition) is 3. The molecule has 1 fully saturated rings. The first-order valence-electron chi connectivity index (χ1n) is 8.25. The first-order chi connectivity index (χ1) is 11.6. The number of amides is 2. The second-order valence-electron chi connectivity index (χ2n) is 6.05. The number of hydrogen-bond donors (Lipinski definition) is 1. The fraction of sp³-hybridized carbons (Fsp3) is 0.389. The zero-order valence-corrected chi connectivity index (χ0v) is 14.0. The Morgan fingerprint density at radius 1 is 1.33 bits per heavy atom. The number of anilines is 1. The summed E-state index contributed by atoms with van der Waals surface area (Å²) in [6, 6.07) is 11.4. The highest BCUT2D eigenvalue weighted by atomic mass is 16.2. The van der Waals surface area contributed by atoms with Gasteiger partial charge in [-0.05, 0) is 32.0 Å². The van der Waals surface area contributed by atoms with Crippen LogP contribution in [0, 0.1) is 12.8 Å². The van der Waals surface area contributed by atoms with E-state index in [1.165, 1.54) is 0 Å². The molecule has 1 N–H and O–H groups in total. The number of aromatic nitrogens is 2. The quantitative estimate of drug-likeness (QED) is 0.912. The fourth-order valence-corrected chi connectivity index (χ4v) is 3.08. The Bertz CT molecular complexity index is 739. The molecule has 0 saturated carbocycles. The molecule has 3 rings (SSSR count). The van der Waals surface area contributed by atoms with Crippen molar-refractivity contribution in [3.8, 4) is 0 Å². The Balaban J connectivity index is 1.61. The number of aryl methyl sites for hydroxylation is 2. The molecule has 2 aromatic rings. The largest absolute Gasteiger partial charge is 0.350 e. The van der Waals surface area contributed by atoms with Crippen LogP contribution in [0.3, 0.4) is 0 Å². The molecule has 126 valence electrons. The molecule has 0 aliphatic carbocycles. The average molecular weight is 326 g/mol. The van der Waals surface area contributed by atoms with Crippen LogP contribution < -0.4 is 10.2 Å². The maximum Gasteiger partial charge on any atom is 0.227 e. The average Bonchev–Trinajstić information content (AvgIpc) is 3.16. The van der Waals surface area contributed by atoms with Gasteiger partial charge in [0.2, 0.25) is 11.8 Å². The summed E-state index contributed by atoms with van der Waals surface area (Å²) in [5, 5.41) is 7.31. The summed E-state index contributed by atoms with van der Waals surface area (Å²) < 4.78 is 1.88. The molecule has 2 amide bonds. The van der Waals surface area contributed by atoms with E-state index in [1.807, 2.05) is 54.9 Å². The SMILES string of the molecule is CCn1nc(C)cc1CNC(=O)[C@@H]1CC(=O)N(c2ccccc2)C1. The van der Waals surface area contributed by atoms with E-state index >= 15 is 0 Å².